The molecule has 9 heteroatoms. The van der Waals surface area contributed by atoms with Crippen molar-refractivity contribution in [3.8, 4) is 5.75 Å². The average Bonchev–Trinajstić information content (AvgIpc) is 2.57. The van der Waals surface area contributed by atoms with Gasteiger partial charge in [0, 0.05) is 5.02 Å². The molecule has 2 aromatic rings. The van der Waals surface area contributed by atoms with Gasteiger partial charge in [0.25, 0.3) is 5.91 Å². The van der Waals surface area contributed by atoms with Crippen LogP contribution in [-0.4, -0.2) is 24.6 Å². The fourth-order valence-electron chi connectivity index (χ4n) is 1.94. The summed E-state index contributed by atoms with van der Waals surface area (Å²) in [5.74, 6) is -1.98. The molecule has 0 aromatic heterocycles. The summed E-state index contributed by atoms with van der Waals surface area (Å²) in [6, 6.07) is 9.77. The largest absolute Gasteiger partial charge is 0.449 e. The fourth-order valence-corrected chi connectivity index (χ4v) is 2.39. The van der Waals surface area contributed by atoms with E-state index in [4.69, 9.17) is 27.9 Å². The van der Waals surface area contributed by atoms with Crippen LogP contribution < -0.4 is 10.1 Å². The van der Waals surface area contributed by atoms with Crippen LogP contribution >= 0.6 is 23.2 Å². The number of benzene rings is 2. The highest BCUT2D eigenvalue weighted by atomic mass is 35.5. The van der Waals surface area contributed by atoms with Crippen LogP contribution in [0.1, 0.15) is 17.3 Å². The lowest BCUT2D eigenvalue weighted by Crippen LogP contribution is -2.30. The first-order valence-corrected chi connectivity index (χ1v) is 8.04. The molecular weight excluding hydrogens is 391 g/mol. The Balaban J connectivity index is 2.06. The van der Waals surface area contributed by atoms with Crippen molar-refractivity contribution in [2.24, 2.45) is 0 Å². The number of hydrogen-bond donors (Lipinski definition) is 1. The van der Waals surface area contributed by atoms with Crippen molar-refractivity contribution in [1.82, 2.24) is 0 Å². The molecule has 26 heavy (non-hydrogen) atoms. The van der Waals surface area contributed by atoms with E-state index in [2.05, 4.69) is 10.1 Å². The number of esters is 1. The molecule has 0 bridgehead atoms. The molecule has 0 aliphatic carbocycles. The van der Waals surface area contributed by atoms with E-state index in [1.165, 1.54) is 49.4 Å². The number of hydrogen-bond acceptors (Lipinski definition) is 4. The number of ether oxygens (including phenoxy) is 2. The first-order valence-electron chi connectivity index (χ1n) is 7.28. The minimum absolute atomic E-state index is 0.208. The molecule has 1 amide bonds. The van der Waals surface area contributed by atoms with E-state index in [-0.39, 0.29) is 22.0 Å². The topological polar surface area (TPSA) is 64.6 Å². The first kappa shape index (κ1) is 19.9. The standard InChI is InChI=1S/C17H13Cl2F2NO4/c1-9(15(23)22-13-7-6-10(18)8-12(13)19)25-16(24)11-4-2-3-5-14(11)26-17(20)21/h2-9,17H,1H3,(H,22,23). The Morgan fingerprint density at radius 2 is 1.81 bits per heavy atom. The highest BCUT2D eigenvalue weighted by molar-refractivity contribution is 6.36. The third-order valence-electron chi connectivity index (χ3n) is 3.17. The van der Waals surface area contributed by atoms with Gasteiger partial charge in [0.05, 0.1) is 10.7 Å². The Morgan fingerprint density at radius 1 is 1.12 bits per heavy atom. The number of alkyl halides is 2. The van der Waals surface area contributed by atoms with Crippen LogP contribution in [0.4, 0.5) is 14.5 Å². The molecule has 0 heterocycles. The van der Waals surface area contributed by atoms with E-state index < -0.39 is 24.6 Å². The van der Waals surface area contributed by atoms with Gasteiger partial charge in [0.15, 0.2) is 6.10 Å². The van der Waals surface area contributed by atoms with Gasteiger partial charge < -0.3 is 14.8 Å². The van der Waals surface area contributed by atoms with Crippen molar-refractivity contribution >= 4 is 40.8 Å². The Kier molecular flexibility index (Phi) is 6.76. The summed E-state index contributed by atoms with van der Waals surface area (Å²) in [6.45, 7) is -1.77. The molecule has 0 saturated heterocycles. The zero-order chi connectivity index (χ0) is 19.3. The van der Waals surface area contributed by atoms with E-state index in [0.717, 1.165) is 0 Å². The second-order valence-electron chi connectivity index (χ2n) is 5.04. The van der Waals surface area contributed by atoms with Gasteiger partial charge in [0.1, 0.15) is 11.3 Å². The molecular formula is C17H13Cl2F2NO4. The van der Waals surface area contributed by atoms with Gasteiger partial charge in [-0.25, -0.2) is 4.79 Å². The number of carbonyl (C=O) groups excluding carboxylic acids is 2. The van der Waals surface area contributed by atoms with Gasteiger partial charge in [-0.1, -0.05) is 35.3 Å². The maximum absolute atomic E-state index is 12.4. The Labute approximate surface area is 157 Å². The minimum Gasteiger partial charge on any atom is -0.449 e. The Morgan fingerprint density at radius 3 is 2.46 bits per heavy atom. The predicted octanol–water partition coefficient (Wildman–Crippen LogP) is 4.78. The van der Waals surface area contributed by atoms with Crippen molar-refractivity contribution in [3.63, 3.8) is 0 Å². The van der Waals surface area contributed by atoms with Crippen LogP contribution in [0, 0.1) is 0 Å². The van der Waals surface area contributed by atoms with Crippen LogP contribution in [0.5, 0.6) is 5.75 Å². The molecule has 1 atom stereocenters. The molecule has 2 rings (SSSR count). The molecule has 2 aromatic carbocycles. The minimum atomic E-state index is -3.10. The number of para-hydroxylation sites is 1. The quantitative estimate of drug-likeness (QED) is 0.704. The summed E-state index contributed by atoms with van der Waals surface area (Å²) in [5.41, 5.74) is 0.0578. The molecule has 138 valence electrons. The lowest BCUT2D eigenvalue weighted by atomic mass is 10.2. The molecule has 0 fully saturated rings. The van der Waals surface area contributed by atoms with E-state index >= 15 is 0 Å². The Bertz CT molecular complexity index is 817. The van der Waals surface area contributed by atoms with Crippen molar-refractivity contribution in [1.29, 1.82) is 0 Å². The van der Waals surface area contributed by atoms with Gasteiger partial charge in [-0.15, -0.1) is 0 Å². The highest BCUT2D eigenvalue weighted by Gasteiger charge is 2.23. The van der Waals surface area contributed by atoms with Crippen LogP contribution in [0.25, 0.3) is 0 Å². The van der Waals surface area contributed by atoms with Gasteiger partial charge in [0.2, 0.25) is 0 Å². The first-order chi connectivity index (χ1) is 12.3. The van der Waals surface area contributed by atoms with Crippen LogP contribution in [0.3, 0.4) is 0 Å². The maximum atomic E-state index is 12.4. The monoisotopic (exact) mass is 403 g/mol. The summed E-state index contributed by atoms with van der Waals surface area (Å²) in [5, 5.41) is 3.08. The smallest absolute Gasteiger partial charge is 0.387 e. The van der Waals surface area contributed by atoms with E-state index in [9.17, 15) is 18.4 Å². The van der Waals surface area contributed by atoms with E-state index in [1.54, 1.807) is 0 Å². The predicted molar refractivity (Wildman–Crippen MR) is 93.0 cm³/mol. The van der Waals surface area contributed by atoms with Gasteiger partial charge in [-0.2, -0.15) is 8.78 Å². The summed E-state index contributed by atoms with van der Waals surface area (Å²) >= 11 is 11.7. The highest BCUT2D eigenvalue weighted by Crippen LogP contribution is 2.26. The average molecular weight is 404 g/mol. The molecule has 1 unspecified atom stereocenters. The lowest BCUT2D eigenvalue weighted by Gasteiger charge is -2.15. The molecule has 0 spiro atoms. The molecule has 0 aliphatic heterocycles. The lowest BCUT2D eigenvalue weighted by molar-refractivity contribution is -0.123. The van der Waals surface area contributed by atoms with Crippen LogP contribution in [0.15, 0.2) is 42.5 Å². The number of nitrogens with one attached hydrogen (secondary N) is 1. The van der Waals surface area contributed by atoms with Crippen LogP contribution in [0.2, 0.25) is 10.0 Å². The van der Waals surface area contributed by atoms with Crippen LogP contribution in [-0.2, 0) is 9.53 Å². The summed E-state index contributed by atoms with van der Waals surface area (Å²) in [7, 11) is 0. The second kappa shape index (κ2) is 8.82. The molecule has 0 aliphatic rings. The molecule has 5 nitrogen and oxygen atoms in total. The number of halogens is 4. The Hall–Kier alpha value is -2.38. The second-order valence-corrected chi connectivity index (χ2v) is 5.88. The fraction of sp³-hybridized carbons (Fsp3) is 0.176. The van der Waals surface area contributed by atoms with Crippen molar-refractivity contribution in [2.45, 2.75) is 19.6 Å². The number of amides is 1. The van der Waals surface area contributed by atoms with Gasteiger partial charge in [-0.3, -0.25) is 4.79 Å². The van der Waals surface area contributed by atoms with Crippen molar-refractivity contribution in [2.75, 3.05) is 5.32 Å². The van der Waals surface area contributed by atoms with E-state index in [0.29, 0.717) is 5.02 Å². The zero-order valence-corrected chi connectivity index (χ0v) is 14.9. The molecule has 0 radical (unpaired) electrons. The van der Waals surface area contributed by atoms with Crippen molar-refractivity contribution < 1.29 is 27.8 Å². The summed E-state index contributed by atoms with van der Waals surface area (Å²) in [4.78, 5) is 24.3. The van der Waals surface area contributed by atoms with E-state index in [1.807, 2.05) is 0 Å². The normalized spacial score (nSPS) is 11.8. The number of rotatable bonds is 6. The van der Waals surface area contributed by atoms with Gasteiger partial charge in [-0.05, 0) is 37.3 Å². The molecule has 1 N–H and O–H groups in total. The third kappa shape index (κ3) is 5.31. The zero-order valence-electron chi connectivity index (χ0n) is 13.3. The maximum Gasteiger partial charge on any atom is 0.387 e. The summed E-state index contributed by atoms with van der Waals surface area (Å²) in [6.07, 6.45) is -1.21. The SMILES string of the molecule is CC(OC(=O)c1ccccc1OC(F)F)C(=O)Nc1ccc(Cl)cc1Cl. The summed E-state index contributed by atoms with van der Waals surface area (Å²) < 4.78 is 34.1. The molecule has 0 saturated carbocycles. The third-order valence-corrected chi connectivity index (χ3v) is 3.71. The van der Waals surface area contributed by atoms with Gasteiger partial charge >= 0.3 is 12.6 Å². The number of anilines is 1. The number of carbonyl (C=O) groups is 2. The van der Waals surface area contributed by atoms with Crippen molar-refractivity contribution in [3.05, 3.63) is 58.1 Å².